The van der Waals surface area contributed by atoms with Crippen molar-refractivity contribution in [2.45, 2.75) is 25.0 Å². The summed E-state index contributed by atoms with van der Waals surface area (Å²) in [4.78, 5) is 11.5. The summed E-state index contributed by atoms with van der Waals surface area (Å²) in [5.41, 5.74) is 0.944. The van der Waals surface area contributed by atoms with Crippen LogP contribution in [0.25, 0.3) is 6.08 Å². The molecular weight excluding hydrogens is 230 g/mol. The summed E-state index contributed by atoms with van der Waals surface area (Å²) in [7, 11) is 1.62. The van der Waals surface area contributed by atoms with Gasteiger partial charge in [-0.15, -0.1) is 0 Å². The Morgan fingerprint density at radius 1 is 1.39 bits per heavy atom. The second kappa shape index (κ2) is 5.69. The van der Waals surface area contributed by atoms with Gasteiger partial charge in [0.2, 0.25) is 5.91 Å². The fraction of sp³-hybridized carbons (Fsp3) is 0.357. The maximum atomic E-state index is 11.5. The van der Waals surface area contributed by atoms with Crippen molar-refractivity contribution in [2.75, 3.05) is 7.11 Å². The van der Waals surface area contributed by atoms with Crippen LogP contribution >= 0.6 is 0 Å². The lowest BCUT2D eigenvalue weighted by atomic mass is 9.89. The second-order valence-corrected chi connectivity index (χ2v) is 4.44. The third kappa shape index (κ3) is 3.34. The van der Waals surface area contributed by atoms with Gasteiger partial charge in [-0.25, -0.2) is 0 Å². The Balaban J connectivity index is 1.83. The van der Waals surface area contributed by atoms with E-state index in [1.54, 1.807) is 13.2 Å². The predicted octanol–water partition coefficient (Wildman–Crippen LogP) is 1.35. The fourth-order valence-corrected chi connectivity index (χ4v) is 1.84. The maximum Gasteiger partial charge on any atom is 0.244 e. The number of hydrogen-bond acceptors (Lipinski definition) is 3. The normalized spacial score (nSPS) is 22.6. The standard InChI is InChI=1S/C14H17NO3/c1-18-13-5-2-10(3-6-13)4-7-14(17)15-11-8-12(16)9-11/h2-7,11-12,16H,8-9H2,1H3,(H,15,17). The van der Waals surface area contributed by atoms with Crippen molar-refractivity contribution in [1.29, 1.82) is 0 Å². The zero-order chi connectivity index (χ0) is 13.0. The van der Waals surface area contributed by atoms with E-state index in [2.05, 4.69) is 5.32 Å². The first-order valence-corrected chi connectivity index (χ1v) is 5.98. The number of aliphatic hydroxyl groups excluding tert-OH is 1. The molecule has 1 fully saturated rings. The average Bonchev–Trinajstić information content (AvgIpc) is 2.35. The van der Waals surface area contributed by atoms with Crippen LogP contribution in [0, 0.1) is 0 Å². The Labute approximate surface area is 106 Å². The average molecular weight is 247 g/mol. The van der Waals surface area contributed by atoms with Crippen molar-refractivity contribution in [2.24, 2.45) is 0 Å². The Hall–Kier alpha value is -1.81. The number of methoxy groups -OCH3 is 1. The summed E-state index contributed by atoms with van der Waals surface area (Å²) in [6, 6.07) is 7.58. The molecule has 96 valence electrons. The number of ether oxygens (including phenoxy) is 1. The first kappa shape index (κ1) is 12.6. The second-order valence-electron chi connectivity index (χ2n) is 4.44. The molecule has 0 heterocycles. The van der Waals surface area contributed by atoms with Crippen LogP contribution in [0.15, 0.2) is 30.3 Å². The van der Waals surface area contributed by atoms with Gasteiger partial charge in [0.25, 0.3) is 0 Å². The summed E-state index contributed by atoms with van der Waals surface area (Å²) >= 11 is 0. The predicted molar refractivity (Wildman–Crippen MR) is 69.2 cm³/mol. The van der Waals surface area contributed by atoms with E-state index in [-0.39, 0.29) is 18.1 Å². The van der Waals surface area contributed by atoms with Crippen molar-refractivity contribution in [3.8, 4) is 5.75 Å². The van der Waals surface area contributed by atoms with Crippen LogP contribution in [0.4, 0.5) is 0 Å². The van der Waals surface area contributed by atoms with Crippen LogP contribution in [0.1, 0.15) is 18.4 Å². The minimum atomic E-state index is -0.249. The Kier molecular flexibility index (Phi) is 3.99. The number of amides is 1. The lowest BCUT2D eigenvalue weighted by Gasteiger charge is -2.31. The first-order chi connectivity index (χ1) is 8.67. The quantitative estimate of drug-likeness (QED) is 0.790. The SMILES string of the molecule is COc1ccc(C=CC(=O)NC2CC(O)C2)cc1. The zero-order valence-corrected chi connectivity index (χ0v) is 10.3. The third-order valence-electron chi connectivity index (χ3n) is 3.00. The lowest BCUT2D eigenvalue weighted by Crippen LogP contribution is -2.46. The molecule has 1 aliphatic rings. The maximum absolute atomic E-state index is 11.5. The molecule has 1 aromatic carbocycles. The van der Waals surface area contributed by atoms with Gasteiger partial charge in [-0.3, -0.25) is 4.79 Å². The molecule has 0 spiro atoms. The molecule has 0 atom stereocenters. The summed E-state index contributed by atoms with van der Waals surface area (Å²) in [6.07, 6.45) is 4.32. The molecule has 0 unspecified atom stereocenters. The van der Waals surface area contributed by atoms with Crippen molar-refractivity contribution in [3.05, 3.63) is 35.9 Å². The van der Waals surface area contributed by atoms with Crippen LogP contribution in [0.3, 0.4) is 0 Å². The van der Waals surface area contributed by atoms with Crippen molar-refractivity contribution >= 4 is 12.0 Å². The third-order valence-corrected chi connectivity index (χ3v) is 3.00. The highest BCUT2D eigenvalue weighted by atomic mass is 16.5. The number of hydrogen-bond donors (Lipinski definition) is 2. The van der Waals surface area contributed by atoms with Crippen LogP contribution < -0.4 is 10.1 Å². The van der Waals surface area contributed by atoms with E-state index in [0.29, 0.717) is 12.8 Å². The van der Waals surface area contributed by atoms with Gasteiger partial charge in [-0.1, -0.05) is 12.1 Å². The number of rotatable bonds is 4. The van der Waals surface area contributed by atoms with Crippen LogP contribution in [0.5, 0.6) is 5.75 Å². The monoisotopic (exact) mass is 247 g/mol. The van der Waals surface area contributed by atoms with Crippen molar-refractivity contribution < 1.29 is 14.6 Å². The summed E-state index contributed by atoms with van der Waals surface area (Å²) in [5.74, 6) is 0.669. The van der Waals surface area contributed by atoms with E-state index in [4.69, 9.17) is 9.84 Å². The van der Waals surface area contributed by atoms with Crippen LogP contribution in [0.2, 0.25) is 0 Å². The number of aliphatic hydroxyl groups is 1. The molecule has 0 aromatic heterocycles. The summed E-state index contributed by atoms with van der Waals surface area (Å²) in [5, 5.41) is 11.9. The molecule has 0 radical (unpaired) electrons. The largest absolute Gasteiger partial charge is 0.497 e. The molecule has 2 N–H and O–H groups in total. The molecule has 0 saturated heterocycles. The molecule has 4 heteroatoms. The Morgan fingerprint density at radius 2 is 2.06 bits per heavy atom. The molecule has 1 aliphatic carbocycles. The van der Waals surface area contributed by atoms with Gasteiger partial charge in [-0.05, 0) is 36.6 Å². The fourth-order valence-electron chi connectivity index (χ4n) is 1.84. The van der Waals surface area contributed by atoms with Crippen LogP contribution in [-0.2, 0) is 4.79 Å². The van der Waals surface area contributed by atoms with E-state index < -0.39 is 0 Å². The van der Waals surface area contributed by atoms with Gasteiger partial charge in [0.05, 0.1) is 13.2 Å². The smallest absolute Gasteiger partial charge is 0.244 e. The van der Waals surface area contributed by atoms with E-state index >= 15 is 0 Å². The van der Waals surface area contributed by atoms with Gasteiger partial charge < -0.3 is 15.2 Å². The van der Waals surface area contributed by atoms with Crippen molar-refractivity contribution in [3.63, 3.8) is 0 Å². The number of nitrogens with one attached hydrogen (secondary N) is 1. The van der Waals surface area contributed by atoms with E-state index in [9.17, 15) is 4.79 Å². The van der Waals surface area contributed by atoms with Crippen LogP contribution in [-0.4, -0.2) is 30.3 Å². The molecule has 0 bridgehead atoms. The molecular formula is C14H17NO3. The number of benzene rings is 1. The molecule has 1 saturated carbocycles. The zero-order valence-electron chi connectivity index (χ0n) is 10.3. The molecule has 2 rings (SSSR count). The minimum Gasteiger partial charge on any atom is -0.497 e. The topological polar surface area (TPSA) is 58.6 Å². The highest BCUT2D eigenvalue weighted by Crippen LogP contribution is 2.19. The molecule has 1 aromatic rings. The highest BCUT2D eigenvalue weighted by Gasteiger charge is 2.27. The van der Waals surface area contributed by atoms with Gasteiger partial charge in [0, 0.05) is 12.1 Å². The molecule has 4 nitrogen and oxygen atoms in total. The Bertz CT molecular complexity index is 433. The summed E-state index contributed by atoms with van der Waals surface area (Å²) in [6.45, 7) is 0. The van der Waals surface area contributed by atoms with Gasteiger partial charge in [0.1, 0.15) is 5.75 Å². The Morgan fingerprint density at radius 3 is 2.61 bits per heavy atom. The number of carbonyl (C=O) groups excluding carboxylic acids is 1. The number of carbonyl (C=O) groups is 1. The minimum absolute atomic E-state index is 0.119. The summed E-state index contributed by atoms with van der Waals surface area (Å²) < 4.78 is 5.05. The van der Waals surface area contributed by atoms with Crippen molar-refractivity contribution in [1.82, 2.24) is 5.32 Å². The molecule has 1 amide bonds. The first-order valence-electron chi connectivity index (χ1n) is 5.98. The molecule has 0 aliphatic heterocycles. The van der Waals surface area contributed by atoms with Gasteiger partial charge >= 0.3 is 0 Å². The van der Waals surface area contributed by atoms with E-state index in [0.717, 1.165) is 11.3 Å². The molecule has 18 heavy (non-hydrogen) atoms. The van der Waals surface area contributed by atoms with E-state index in [1.807, 2.05) is 24.3 Å². The highest BCUT2D eigenvalue weighted by molar-refractivity contribution is 5.91. The van der Waals surface area contributed by atoms with Gasteiger partial charge in [0.15, 0.2) is 0 Å². The lowest BCUT2D eigenvalue weighted by molar-refractivity contribution is -0.118. The van der Waals surface area contributed by atoms with Gasteiger partial charge in [-0.2, -0.15) is 0 Å². The van der Waals surface area contributed by atoms with E-state index in [1.165, 1.54) is 6.08 Å².